The van der Waals surface area contributed by atoms with Crippen molar-refractivity contribution in [3.8, 4) is 42.0 Å². The molecule has 244 valence electrons. The molecule has 6 aromatic carbocycles. The van der Waals surface area contributed by atoms with E-state index in [1.807, 2.05) is 22.7 Å². The van der Waals surface area contributed by atoms with Crippen LogP contribution < -0.4 is 0 Å². The number of thiophene rings is 4. The van der Waals surface area contributed by atoms with E-state index in [1.54, 1.807) is 45.3 Å². The van der Waals surface area contributed by atoms with Crippen molar-refractivity contribution < 1.29 is 0 Å². The smallest absolute Gasteiger partial charge is 0.124 e. The zero-order valence-corrected chi connectivity index (χ0v) is 31.9. The van der Waals surface area contributed by atoms with E-state index in [2.05, 4.69) is 132 Å². The van der Waals surface area contributed by atoms with Gasteiger partial charge in [0.05, 0.1) is 20.4 Å². The van der Waals surface area contributed by atoms with Gasteiger partial charge in [-0.05, 0) is 127 Å². The van der Waals surface area contributed by atoms with Crippen LogP contribution in [0, 0.1) is 0 Å². The lowest BCUT2D eigenvalue weighted by Gasteiger charge is -1.99. The van der Waals surface area contributed by atoms with Crippen molar-refractivity contribution in [2.75, 3.05) is 0 Å². The van der Waals surface area contributed by atoms with E-state index >= 15 is 0 Å². The third-order valence-electron chi connectivity index (χ3n) is 9.87. The summed E-state index contributed by atoms with van der Waals surface area (Å²) in [6.07, 6.45) is 0. The Morgan fingerprint density at radius 1 is 0.308 bits per heavy atom. The molecule has 0 radical (unpaired) electrons. The van der Waals surface area contributed by atoms with Crippen molar-refractivity contribution in [1.82, 2.24) is 9.97 Å². The second-order valence-electron chi connectivity index (χ2n) is 13.1. The fraction of sp³-hybridized carbons (Fsp3) is 0. The van der Waals surface area contributed by atoms with E-state index in [0.717, 1.165) is 32.2 Å². The quantitative estimate of drug-likeness (QED) is 0.178. The van der Waals surface area contributed by atoms with Gasteiger partial charge < -0.3 is 0 Å². The summed E-state index contributed by atoms with van der Waals surface area (Å²) in [6, 6.07) is 45.2. The molecule has 0 aliphatic rings. The number of benzene rings is 6. The maximum Gasteiger partial charge on any atom is 0.124 e. The van der Waals surface area contributed by atoms with Gasteiger partial charge >= 0.3 is 0 Å². The second kappa shape index (κ2) is 11.3. The minimum Gasteiger partial charge on any atom is -0.236 e. The summed E-state index contributed by atoms with van der Waals surface area (Å²) < 4.78 is 7.77. The monoisotopic (exact) mass is 770 g/mol. The first-order valence-corrected chi connectivity index (χ1v) is 21.8. The van der Waals surface area contributed by atoms with E-state index < -0.39 is 0 Å². The predicted octanol–water partition coefficient (Wildman–Crippen LogP) is 15.6. The summed E-state index contributed by atoms with van der Waals surface area (Å²) in [5.74, 6) is 0. The third-order valence-corrected chi connectivity index (χ3v) is 16.1. The van der Waals surface area contributed by atoms with Crippen molar-refractivity contribution in [3.05, 3.63) is 132 Å². The van der Waals surface area contributed by atoms with Crippen LogP contribution >= 0.6 is 68.0 Å². The van der Waals surface area contributed by atoms with Crippen molar-refractivity contribution in [2.24, 2.45) is 0 Å². The minimum atomic E-state index is 1.04. The lowest BCUT2D eigenvalue weighted by atomic mass is 10.1. The fourth-order valence-electron chi connectivity index (χ4n) is 7.17. The average Bonchev–Trinajstić information content (AvgIpc) is 4.02. The average molecular weight is 771 g/mol. The standard InChI is InChI=1S/C44H22N2S6/c1-5-25(6-2-23(1)37-21-31-19-35-27(9-11-47-35)15-39(31)49-37)43-45-33-13-29-18-42-34(14-30(29)17-41(33)51-43)46-44(52-42)26-7-3-24(4-8-26)38-22-32-20-36-28(10-12-48-36)16-40(32)50-38/h1-22H. The third kappa shape index (κ3) is 4.83. The Morgan fingerprint density at radius 2 is 0.712 bits per heavy atom. The van der Waals surface area contributed by atoms with E-state index in [1.165, 1.54) is 81.4 Å². The Morgan fingerprint density at radius 3 is 1.17 bits per heavy atom. The summed E-state index contributed by atoms with van der Waals surface area (Å²) >= 11 is 10.9. The van der Waals surface area contributed by atoms with Crippen molar-refractivity contribution in [1.29, 1.82) is 0 Å². The molecule has 0 fully saturated rings. The highest BCUT2D eigenvalue weighted by atomic mass is 32.1. The molecule has 12 rings (SSSR count). The molecule has 6 aromatic heterocycles. The Bertz CT molecular complexity index is 2960. The van der Waals surface area contributed by atoms with Gasteiger partial charge in [-0.1, -0.05) is 48.5 Å². The first-order valence-electron chi connectivity index (χ1n) is 16.8. The highest BCUT2D eigenvalue weighted by Crippen LogP contribution is 2.41. The fourth-order valence-corrected chi connectivity index (χ4v) is 13.0. The summed E-state index contributed by atoms with van der Waals surface area (Å²) in [5, 5.41) is 14.1. The molecule has 0 spiro atoms. The van der Waals surface area contributed by atoms with Gasteiger partial charge in [0.15, 0.2) is 0 Å². The molecule has 0 unspecified atom stereocenters. The van der Waals surface area contributed by atoms with E-state index in [0.29, 0.717) is 0 Å². The van der Waals surface area contributed by atoms with Crippen LogP contribution in [0.1, 0.15) is 0 Å². The molecule has 0 saturated carbocycles. The number of fused-ring (bicyclic) bond motifs is 7. The summed E-state index contributed by atoms with van der Waals surface area (Å²) in [7, 11) is 0. The Labute approximate surface area is 321 Å². The molecule has 0 bridgehead atoms. The summed E-state index contributed by atoms with van der Waals surface area (Å²) in [4.78, 5) is 12.8. The van der Waals surface area contributed by atoms with Gasteiger partial charge in [-0.2, -0.15) is 0 Å². The summed E-state index contributed by atoms with van der Waals surface area (Å²) in [5.41, 5.74) is 6.89. The number of hydrogen-bond acceptors (Lipinski definition) is 8. The topological polar surface area (TPSA) is 25.8 Å². The van der Waals surface area contributed by atoms with Crippen LogP contribution in [0.4, 0.5) is 0 Å². The van der Waals surface area contributed by atoms with Gasteiger partial charge in [0.1, 0.15) is 10.0 Å². The maximum absolute atomic E-state index is 5.10. The lowest BCUT2D eigenvalue weighted by molar-refractivity contribution is 1.48. The van der Waals surface area contributed by atoms with Crippen LogP contribution in [-0.2, 0) is 0 Å². The first kappa shape index (κ1) is 29.7. The largest absolute Gasteiger partial charge is 0.236 e. The molecule has 0 atom stereocenters. The van der Waals surface area contributed by atoms with Gasteiger partial charge in [-0.3, -0.25) is 0 Å². The normalized spacial score (nSPS) is 12.2. The Hall–Kier alpha value is -4.80. The number of hydrogen-bond donors (Lipinski definition) is 0. The molecule has 12 aromatic rings. The highest BCUT2D eigenvalue weighted by Gasteiger charge is 2.14. The van der Waals surface area contributed by atoms with Crippen LogP contribution in [0.3, 0.4) is 0 Å². The van der Waals surface area contributed by atoms with Crippen LogP contribution in [0.5, 0.6) is 0 Å². The zero-order chi connectivity index (χ0) is 33.9. The van der Waals surface area contributed by atoms with Crippen LogP contribution in [-0.4, -0.2) is 9.97 Å². The molecule has 8 heteroatoms. The molecule has 0 aliphatic heterocycles. The lowest BCUT2D eigenvalue weighted by Crippen LogP contribution is -1.78. The predicted molar refractivity (Wildman–Crippen MR) is 234 cm³/mol. The molecule has 0 amide bonds. The van der Waals surface area contributed by atoms with Gasteiger partial charge in [0, 0.05) is 39.7 Å². The van der Waals surface area contributed by atoms with Gasteiger partial charge in [-0.15, -0.1) is 68.0 Å². The van der Waals surface area contributed by atoms with E-state index in [9.17, 15) is 0 Å². The van der Waals surface area contributed by atoms with Gasteiger partial charge in [-0.25, -0.2) is 9.97 Å². The molecule has 52 heavy (non-hydrogen) atoms. The first-order chi connectivity index (χ1) is 25.6. The number of thiazole rings is 2. The Kier molecular flexibility index (Phi) is 6.49. The second-order valence-corrected chi connectivity index (χ2v) is 19.2. The SMILES string of the molecule is c1cc2cc3sc(-c4ccc(-c5nc6cc7cc8sc(-c9ccc(-c%10cc%11cc%12sccc%12cc%11s%10)cc9)nc8cc7cc6s5)cc4)cc3cc2s1. The maximum atomic E-state index is 5.10. The molecule has 2 nitrogen and oxygen atoms in total. The van der Waals surface area contributed by atoms with Gasteiger partial charge in [0.25, 0.3) is 0 Å². The van der Waals surface area contributed by atoms with Crippen molar-refractivity contribution in [3.63, 3.8) is 0 Å². The molecule has 6 heterocycles. The van der Waals surface area contributed by atoms with Crippen LogP contribution in [0.2, 0.25) is 0 Å². The molecule has 0 saturated heterocycles. The van der Waals surface area contributed by atoms with Crippen LogP contribution in [0.25, 0.3) is 114 Å². The molecular formula is C44H22N2S6. The molecular weight excluding hydrogens is 749 g/mol. The summed E-state index contributed by atoms with van der Waals surface area (Å²) in [6.45, 7) is 0. The number of rotatable bonds is 4. The Balaban J connectivity index is 0.827. The van der Waals surface area contributed by atoms with Crippen LogP contribution in [0.15, 0.2) is 132 Å². The molecule has 0 N–H and O–H groups in total. The van der Waals surface area contributed by atoms with Crippen molar-refractivity contribution in [2.45, 2.75) is 0 Å². The van der Waals surface area contributed by atoms with E-state index in [4.69, 9.17) is 9.97 Å². The van der Waals surface area contributed by atoms with Gasteiger partial charge in [0.2, 0.25) is 0 Å². The highest BCUT2D eigenvalue weighted by molar-refractivity contribution is 7.23. The number of nitrogens with zero attached hydrogens (tertiary/aromatic N) is 2. The van der Waals surface area contributed by atoms with Crippen molar-refractivity contribution >= 4 is 140 Å². The molecule has 0 aliphatic carbocycles. The minimum absolute atomic E-state index is 1.04. The van der Waals surface area contributed by atoms with E-state index in [-0.39, 0.29) is 0 Å². The zero-order valence-electron chi connectivity index (χ0n) is 27.0. The number of aromatic nitrogens is 2.